The van der Waals surface area contributed by atoms with Crippen molar-refractivity contribution < 1.29 is 23.4 Å². The molecule has 6 rings (SSSR count). The van der Waals surface area contributed by atoms with E-state index in [1.165, 1.54) is 12.1 Å². The molecule has 1 aromatic heterocycles. The zero-order chi connectivity index (χ0) is 18.4. The number of alkyl halides is 3. The highest BCUT2D eigenvalue weighted by atomic mass is 19.4. The van der Waals surface area contributed by atoms with Crippen molar-refractivity contribution in [3.8, 4) is 23.5 Å². The number of nitrogens with zero attached hydrogens (tertiary/aromatic N) is 2. The lowest BCUT2D eigenvalue weighted by molar-refractivity contribution is -0.137. The molecule has 2 bridgehead atoms. The van der Waals surface area contributed by atoms with Crippen LogP contribution in [0.5, 0.6) is 11.8 Å². The van der Waals surface area contributed by atoms with E-state index in [0.717, 1.165) is 23.1 Å². The van der Waals surface area contributed by atoms with Crippen molar-refractivity contribution in [1.29, 1.82) is 5.26 Å². The van der Waals surface area contributed by atoms with Gasteiger partial charge in [0, 0.05) is 29.6 Å². The average Bonchev–Trinajstić information content (AvgIpc) is 3.38. The highest BCUT2D eigenvalue weighted by Gasteiger charge is 2.59. The van der Waals surface area contributed by atoms with Gasteiger partial charge in [-0.2, -0.15) is 18.4 Å². The van der Waals surface area contributed by atoms with E-state index in [0.29, 0.717) is 29.5 Å². The molecule has 2 aromatic rings. The summed E-state index contributed by atoms with van der Waals surface area (Å²) in [5.74, 6) is 0.489. The predicted octanol–water partition coefficient (Wildman–Crippen LogP) is 3.16. The van der Waals surface area contributed by atoms with Gasteiger partial charge in [-0.1, -0.05) is 0 Å². The number of fused-ring (bicyclic) bond motifs is 1. The lowest BCUT2D eigenvalue weighted by Crippen LogP contribution is -2.39. The van der Waals surface area contributed by atoms with Crippen molar-refractivity contribution >= 4 is 0 Å². The third-order valence-electron chi connectivity index (χ3n) is 5.96. The van der Waals surface area contributed by atoms with E-state index >= 15 is 0 Å². The summed E-state index contributed by atoms with van der Waals surface area (Å²) in [5.41, 5.74) is -0.376. The fourth-order valence-corrected chi connectivity index (χ4v) is 4.77. The molecule has 4 atom stereocenters. The van der Waals surface area contributed by atoms with Crippen LogP contribution in [0.2, 0.25) is 0 Å². The summed E-state index contributed by atoms with van der Waals surface area (Å²) in [4.78, 5) is 0. The van der Waals surface area contributed by atoms with E-state index < -0.39 is 17.3 Å². The Kier molecular flexibility index (Phi) is 2.84. The lowest BCUT2D eigenvalue weighted by atomic mass is 9.78. The SMILES string of the molecule is N#Cc1ccc(-n2c(O)c3c(c2O)C2CNC3[C@H]3C[C@@H]23)cc1C(F)(F)F. The molecule has 5 nitrogen and oxygen atoms in total. The third kappa shape index (κ3) is 1.84. The number of halogens is 3. The Balaban J connectivity index is 1.71. The zero-order valence-electron chi connectivity index (χ0n) is 13.4. The van der Waals surface area contributed by atoms with Gasteiger partial charge >= 0.3 is 6.18 Å². The largest absolute Gasteiger partial charge is 0.494 e. The molecule has 0 amide bonds. The predicted molar refractivity (Wildman–Crippen MR) is 83.9 cm³/mol. The first kappa shape index (κ1) is 15.6. The van der Waals surface area contributed by atoms with Crippen molar-refractivity contribution in [1.82, 2.24) is 9.88 Å². The van der Waals surface area contributed by atoms with Crippen LogP contribution in [0.15, 0.2) is 18.2 Å². The summed E-state index contributed by atoms with van der Waals surface area (Å²) >= 11 is 0. The summed E-state index contributed by atoms with van der Waals surface area (Å²) < 4.78 is 40.8. The van der Waals surface area contributed by atoms with Gasteiger partial charge < -0.3 is 15.5 Å². The smallest absolute Gasteiger partial charge is 0.417 e. The number of piperidine rings is 1. The van der Waals surface area contributed by atoms with Gasteiger partial charge in [0.25, 0.3) is 0 Å². The Hall–Kier alpha value is -2.66. The number of aromatic hydroxyl groups is 2. The molecule has 26 heavy (non-hydrogen) atoms. The van der Waals surface area contributed by atoms with Crippen LogP contribution in [-0.4, -0.2) is 21.3 Å². The number of rotatable bonds is 1. The number of hydrogen-bond acceptors (Lipinski definition) is 4. The highest BCUT2D eigenvalue weighted by Crippen LogP contribution is 2.66. The average molecular weight is 361 g/mol. The zero-order valence-corrected chi connectivity index (χ0v) is 13.4. The third-order valence-corrected chi connectivity index (χ3v) is 5.96. The molecule has 2 fully saturated rings. The van der Waals surface area contributed by atoms with E-state index in [1.807, 2.05) is 0 Å². The topological polar surface area (TPSA) is 81.2 Å². The van der Waals surface area contributed by atoms with Crippen molar-refractivity contribution in [2.75, 3.05) is 6.54 Å². The van der Waals surface area contributed by atoms with Crippen LogP contribution in [0.3, 0.4) is 0 Å². The second-order valence-corrected chi connectivity index (χ2v) is 7.21. The maximum absolute atomic E-state index is 13.3. The lowest BCUT2D eigenvalue weighted by Gasteiger charge is -2.36. The van der Waals surface area contributed by atoms with Gasteiger partial charge in [-0.3, -0.25) is 4.57 Å². The van der Waals surface area contributed by atoms with Gasteiger partial charge in [0.1, 0.15) is 0 Å². The summed E-state index contributed by atoms with van der Waals surface area (Å²) in [6.07, 6.45) is -3.67. The molecule has 1 saturated carbocycles. The Morgan fingerprint density at radius 2 is 1.88 bits per heavy atom. The molecule has 2 unspecified atom stereocenters. The Bertz CT molecular complexity index is 950. The standard InChI is InChI=1S/C18H14F3N3O2/c19-18(20,21)12-3-8(2-1-7(12)5-22)24-16(25)13-11-6-23-15(10-4-9(10)11)14(13)17(24)26/h1-3,9-11,15,23,25-26H,4,6H2/t9-,10+,11?,15?/m1/s1. The van der Waals surface area contributed by atoms with Crippen LogP contribution in [0.25, 0.3) is 5.69 Å². The molecule has 2 aliphatic heterocycles. The van der Waals surface area contributed by atoms with Crippen molar-refractivity contribution in [3.63, 3.8) is 0 Å². The first-order valence-electron chi connectivity index (χ1n) is 8.34. The van der Waals surface area contributed by atoms with Crippen molar-refractivity contribution in [2.45, 2.75) is 24.6 Å². The van der Waals surface area contributed by atoms with Crippen LogP contribution in [-0.2, 0) is 6.18 Å². The van der Waals surface area contributed by atoms with Gasteiger partial charge in [-0.25, -0.2) is 0 Å². The fourth-order valence-electron chi connectivity index (χ4n) is 4.77. The number of nitrogens with one attached hydrogen (secondary N) is 1. The van der Waals surface area contributed by atoms with Crippen molar-refractivity contribution in [2.24, 2.45) is 11.8 Å². The normalized spacial score (nSPS) is 28.4. The maximum Gasteiger partial charge on any atom is 0.417 e. The molecule has 4 aliphatic rings. The molecule has 3 N–H and O–H groups in total. The Labute approximate surface area is 146 Å². The second-order valence-electron chi connectivity index (χ2n) is 7.21. The molecule has 134 valence electrons. The number of aromatic nitrogens is 1. The number of nitriles is 1. The monoisotopic (exact) mass is 361 g/mol. The van der Waals surface area contributed by atoms with Crippen LogP contribution in [0.4, 0.5) is 13.2 Å². The molecule has 8 heteroatoms. The van der Waals surface area contributed by atoms with Crippen LogP contribution < -0.4 is 5.32 Å². The van der Waals surface area contributed by atoms with Crippen LogP contribution >= 0.6 is 0 Å². The first-order chi connectivity index (χ1) is 12.3. The van der Waals surface area contributed by atoms with Crippen LogP contribution in [0.1, 0.15) is 40.6 Å². The van der Waals surface area contributed by atoms with E-state index in [-0.39, 0.29) is 29.4 Å². The molecule has 0 spiro atoms. The maximum atomic E-state index is 13.3. The molecular formula is C18H14F3N3O2. The highest BCUT2D eigenvalue weighted by molar-refractivity contribution is 5.60. The van der Waals surface area contributed by atoms with Crippen molar-refractivity contribution in [3.05, 3.63) is 40.5 Å². The van der Waals surface area contributed by atoms with E-state index in [2.05, 4.69) is 5.32 Å². The van der Waals surface area contributed by atoms with E-state index in [4.69, 9.17) is 5.26 Å². The summed E-state index contributed by atoms with van der Waals surface area (Å²) in [6.45, 7) is 0.691. The second kappa shape index (κ2) is 4.74. The van der Waals surface area contributed by atoms with Gasteiger partial charge in [-0.05, 0) is 36.5 Å². The fraction of sp³-hybridized carbons (Fsp3) is 0.389. The van der Waals surface area contributed by atoms with Gasteiger partial charge in [-0.15, -0.1) is 0 Å². The minimum absolute atomic E-state index is 0.0196. The van der Waals surface area contributed by atoms with Gasteiger partial charge in [0.15, 0.2) is 0 Å². The van der Waals surface area contributed by atoms with E-state index in [1.54, 1.807) is 0 Å². The molecule has 3 heterocycles. The molecule has 0 radical (unpaired) electrons. The minimum atomic E-state index is -4.71. The Morgan fingerprint density at radius 1 is 1.15 bits per heavy atom. The first-order valence-corrected chi connectivity index (χ1v) is 8.34. The summed E-state index contributed by atoms with van der Waals surface area (Å²) in [7, 11) is 0. The molecule has 1 saturated heterocycles. The molecule has 2 aliphatic carbocycles. The van der Waals surface area contributed by atoms with Gasteiger partial charge in [0.05, 0.1) is 22.9 Å². The molecular weight excluding hydrogens is 347 g/mol. The van der Waals surface area contributed by atoms with E-state index in [9.17, 15) is 23.4 Å². The minimum Gasteiger partial charge on any atom is -0.494 e. The number of benzene rings is 1. The Morgan fingerprint density at radius 3 is 2.58 bits per heavy atom. The summed E-state index contributed by atoms with van der Waals surface area (Å²) in [6, 6.07) is 4.60. The number of hydrogen-bond donors (Lipinski definition) is 3. The van der Waals surface area contributed by atoms with Gasteiger partial charge in [0.2, 0.25) is 11.8 Å². The molecule has 1 aromatic carbocycles. The summed E-state index contributed by atoms with van der Waals surface area (Å²) in [5, 5.41) is 33.7. The quantitative estimate of drug-likeness (QED) is 0.729. The van der Waals surface area contributed by atoms with Crippen LogP contribution in [0, 0.1) is 23.2 Å².